The minimum Gasteiger partial charge on any atom is -0.497 e. The van der Waals surface area contributed by atoms with Crippen LogP contribution in [-0.4, -0.2) is 29.9 Å². The highest BCUT2D eigenvalue weighted by Crippen LogP contribution is 2.12. The Morgan fingerprint density at radius 3 is 2.56 bits per heavy atom. The summed E-state index contributed by atoms with van der Waals surface area (Å²) < 4.78 is 5.08. The molecule has 0 radical (unpaired) electrons. The number of aryl methyl sites for hydroxylation is 1. The van der Waals surface area contributed by atoms with Crippen LogP contribution in [0.25, 0.3) is 6.08 Å². The van der Waals surface area contributed by atoms with Gasteiger partial charge in [0.1, 0.15) is 17.6 Å². The van der Waals surface area contributed by atoms with Gasteiger partial charge in [-0.15, -0.1) is 0 Å². The Balaban J connectivity index is 1.89. The van der Waals surface area contributed by atoms with Gasteiger partial charge in [0.2, 0.25) is 11.8 Å². The van der Waals surface area contributed by atoms with E-state index in [-0.39, 0.29) is 11.8 Å². The lowest BCUT2D eigenvalue weighted by Gasteiger charge is -2.13. The zero-order valence-electron chi connectivity index (χ0n) is 14.4. The van der Waals surface area contributed by atoms with Gasteiger partial charge in [-0.25, -0.2) is 4.98 Å². The van der Waals surface area contributed by atoms with Gasteiger partial charge in [-0.2, -0.15) is 0 Å². The van der Waals surface area contributed by atoms with E-state index in [1.165, 1.54) is 6.08 Å². The fraction of sp³-hybridized carbons (Fsp3) is 0.211. The Bertz CT molecular complexity index is 770. The van der Waals surface area contributed by atoms with Crippen LogP contribution in [0.15, 0.2) is 48.7 Å². The van der Waals surface area contributed by atoms with E-state index in [9.17, 15) is 9.59 Å². The molecule has 0 saturated carbocycles. The van der Waals surface area contributed by atoms with Crippen LogP contribution in [0.2, 0.25) is 0 Å². The van der Waals surface area contributed by atoms with E-state index >= 15 is 0 Å². The van der Waals surface area contributed by atoms with Crippen molar-refractivity contribution in [2.45, 2.75) is 19.9 Å². The number of methoxy groups -OCH3 is 1. The van der Waals surface area contributed by atoms with Gasteiger partial charge in [0.05, 0.1) is 7.11 Å². The van der Waals surface area contributed by atoms with Gasteiger partial charge in [-0.3, -0.25) is 9.59 Å². The molecule has 2 rings (SSSR count). The molecule has 1 unspecified atom stereocenters. The zero-order valence-corrected chi connectivity index (χ0v) is 14.4. The van der Waals surface area contributed by atoms with Crippen LogP contribution in [-0.2, 0) is 9.59 Å². The highest BCUT2D eigenvalue weighted by molar-refractivity contribution is 5.99. The number of carbonyl (C=O) groups is 2. The SMILES string of the molecule is COc1ccc(/C=C/C(=O)NC(C)C(=O)Nc2ncccc2C)cc1. The fourth-order valence-corrected chi connectivity index (χ4v) is 2.06. The van der Waals surface area contributed by atoms with Gasteiger partial charge >= 0.3 is 0 Å². The highest BCUT2D eigenvalue weighted by atomic mass is 16.5. The molecule has 25 heavy (non-hydrogen) atoms. The third kappa shape index (κ3) is 5.46. The lowest BCUT2D eigenvalue weighted by molar-refractivity contribution is -0.123. The summed E-state index contributed by atoms with van der Waals surface area (Å²) in [6.45, 7) is 3.47. The van der Waals surface area contributed by atoms with Crippen molar-refractivity contribution in [1.82, 2.24) is 10.3 Å². The van der Waals surface area contributed by atoms with Crippen molar-refractivity contribution in [2.75, 3.05) is 12.4 Å². The van der Waals surface area contributed by atoms with E-state index in [0.29, 0.717) is 5.82 Å². The second-order valence-electron chi connectivity index (χ2n) is 5.49. The molecule has 0 spiro atoms. The van der Waals surface area contributed by atoms with Crippen LogP contribution < -0.4 is 15.4 Å². The molecule has 1 aromatic carbocycles. The molecule has 1 atom stereocenters. The maximum absolute atomic E-state index is 12.1. The number of pyridine rings is 1. The fourth-order valence-electron chi connectivity index (χ4n) is 2.06. The molecule has 1 aromatic heterocycles. The van der Waals surface area contributed by atoms with E-state index in [2.05, 4.69) is 15.6 Å². The number of carbonyl (C=O) groups excluding carboxylic acids is 2. The molecule has 0 bridgehead atoms. The Hall–Kier alpha value is -3.15. The summed E-state index contributed by atoms with van der Waals surface area (Å²) in [5, 5.41) is 5.32. The Morgan fingerprint density at radius 1 is 1.20 bits per heavy atom. The Kier molecular flexibility index (Phi) is 6.28. The van der Waals surface area contributed by atoms with Crippen molar-refractivity contribution in [3.8, 4) is 5.75 Å². The van der Waals surface area contributed by atoms with Crippen molar-refractivity contribution >= 4 is 23.7 Å². The molecule has 0 fully saturated rings. The summed E-state index contributed by atoms with van der Waals surface area (Å²) in [5.74, 6) is 0.559. The van der Waals surface area contributed by atoms with Crippen LogP contribution in [0.4, 0.5) is 5.82 Å². The van der Waals surface area contributed by atoms with Crippen LogP contribution >= 0.6 is 0 Å². The first kappa shape index (κ1) is 18.2. The van der Waals surface area contributed by atoms with Crippen LogP contribution in [0.5, 0.6) is 5.75 Å². The molecule has 1 heterocycles. The van der Waals surface area contributed by atoms with Crippen LogP contribution in [0.3, 0.4) is 0 Å². The van der Waals surface area contributed by atoms with Gasteiger partial charge < -0.3 is 15.4 Å². The molecule has 0 aliphatic heterocycles. The van der Waals surface area contributed by atoms with Crippen molar-refractivity contribution in [3.63, 3.8) is 0 Å². The normalized spacial score (nSPS) is 11.8. The molecule has 0 saturated heterocycles. The average molecular weight is 339 g/mol. The summed E-state index contributed by atoms with van der Waals surface area (Å²) in [6, 6.07) is 10.2. The van der Waals surface area contributed by atoms with Crippen molar-refractivity contribution in [1.29, 1.82) is 0 Å². The van der Waals surface area contributed by atoms with Gasteiger partial charge in [-0.05, 0) is 49.2 Å². The Labute approximate surface area is 146 Å². The maximum Gasteiger partial charge on any atom is 0.247 e. The molecular formula is C19H21N3O3. The average Bonchev–Trinajstić information content (AvgIpc) is 2.62. The molecule has 2 aromatic rings. The first-order chi connectivity index (χ1) is 12.0. The van der Waals surface area contributed by atoms with Crippen molar-refractivity contribution in [2.24, 2.45) is 0 Å². The van der Waals surface area contributed by atoms with Gasteiger partial charge in [0.25, 0.3) is 0 Å². The number of aromatic nitrogens is 1. The van der Waals surface area contributed by atoms with Crippen LogP contribution in [0.1, 0.15) is 18.1 Å². The molecule has 6 nitrogen and oxygen atoms in total. The zero-order chi connectivity index (χ0) is 18.2. The van der Waals surface area contributed by atoms with E-state index in [1.807, 2.05) is 37.3 Å². The molecule has 0 aliphatic rings. The topological polar surface area (TPSA) is 80.3 Å². The number of nitrogens with one attached hydrogen (secondary N) is 2. The summed E-state index contributed by atoms with van der Waals surface area (Å²) >= 11 is 0. The van der Waals surface area contributed by atoms with Crippen molar-refractivity contribution < 1.29 is 14.3 Å². The first-order valence-corrected chi connectivity index (χ1v) is 7.84. The third-order valence-electron chi connectivity index (χ3n) is 3.55. The number of hydrogen-bond acceptors (Lipinski definition) is 4. The van der Waals surface area contributed by atoms with E-state index < -0.39 is 6.04 Å². The quantitative estimate of drug-likeness (QED) is 0.793. The van der Waals surface area contributed by atoms with Gasteiger partial charge in [0.15, 0.2) is 0 Å². The minimum absolute atomic E-state index is 0.326. The number of ether oxygens (including phenoxy) is 1. The first-order valence-electron chi connectivity index (χ1n) is 7.84. The molecule has 6 heteroatoms. The van der Waals surface area contributed by atoms with E-state index in [4.69, 9.17) is 4.74 Å². The second kappa shape index (κ2) is 8.63. The predicted molar refractivity (Wildman–Crippen MR) is 97.2 cm³/mol. The van der Waals surface area contributed by atoms with Gasteiger partial charge in [0, 0.05) is 12.3 Å². The van der Waals surface area contributed by atoms with Gasteiger partial charge in [-0.1, -0.05) is 18.2 Å². The number of rotatable bonds is 6. The second-order valence-corrected chi connectivity index (χ2v) is 5.49. The predicted octanol–water partition coefficient (Wildman–Crippen LogP) is 2.56. The Morgan fingerprint density at radius 2 is 1.92 bits per heavy atom. The lowest BCUT2D eigenvalue weighted by Crippen LogP contribution is -2.41. The number of anilines is 1. The minimum atomic E-state index is -0.686. The van der Waals surface area contributed by atoms with E-state index in [0.717, 1.165) is 16.9 Å². The number of benzene rings is 1. The number of nitrogens with zero attached hydrogens (tertiary/aromatic N) is 1. The molecule has 130 valence electrons. The number of hydrogen-bond donors (Lipinski definition) is 2. The lowest BCUT2D eigenvalue weighted by atomic mass is 10.2. The van der Waals surface area contributed by atoms with Crippen molar-refractivity contribution in [3.05, 3.63) is 59.8 Å². The summed E-state index contributed by atoms with van der Waals surface area (Å²) in [5.41, 5.74) is 1.71. The van der Waals surface area contributed by atoms with E-state index in [1.54, 1.807) is 32.4 Å². The van der Waals surface area contributed by atoms with Crippen LogP contribution in [0, 0.1) is 6.92 Å². The summed E-state index contributed by atoms with van der Waals surface area (Å²) in [6.07, 6.45) is 4.66. The highest BCUT2D eigenvalue weighted by Gasteiger charge is 2.15. The monoisotopic (exact) mass is 339 g/mol. The molecule has 0 aliphatic carbocycles. The smallest absolute Gasteiger partial charge is 0.247 e. The number of amides is 2. The summed E-state index contributed by atoms with van der Waals surface area (Å²) in [4.78, 5) is 28.2. The largest absolute Gasteiger partial charge is 0.497 e. The molecular weight excluding hydrogens is 318 g/mol. The summed E-state index contributed by atoms with van der Waals surface area (Å²) in [7, 11) is 1.59. The maximum atomic E-state index is 12.1. The third-order valence-corrected chi connectivity index (χ3v) is 3.55. The standard InChI is InChI=1S/C19H21N3O3/c1-13-5-4-12-20-18(13)22-19(24)14(2)21-17(23)11-8-15-6-9-16(25-3)10-7-15/h4-12,14H,1-3H3,(H,21,23)(H,20,22,24)/b11-8+. The molecule has 2 N–H and O–H groups in total. The molecule has 2 amide bonds.